The van der Waals surface area contributed by atoms with Crippen molar-refractivity contribution in [3.63, 3.8) is 0 Å². The third kappa shape index (κ3) is 5.05. The number of likely N-dealkylation sites (tertiary alicyclic amines) is 1. The maximum Gasteiger partial charge on any atom is 0.242 e. The van der Waals surface area contributed by atoms with E-state index in [9.17, 15) is 14.4 Å². The molecule has 2 atom stereocenters. The van der Waals surface area contributed by atoms with Crippen molar-refractivity contribution >= 4 is 17.7 Å². The van der Waals surface area contributed by atoms with Gasteiger partial charge < -0.3 is 15.5 Å². The second-order valence-corrected chi connectivity index (χ2v) is 6.36. The smallest absolute Gasteiger partial charge is 0.242 e. The van der Waals surface area contributed by atoms with Crippen molar-refractivity contribution in [1.29, 1.82) is 0 Å². The summed E-state index contributed by atoms with van der Waals surface area (Å²) in [6.07, 6.45) is 2.69. The van der Waals surface area contributed by atoms with E-state index in [1.165, 1.54) is 0 Å². The van der Waals surface area contributed by atoms with Crippen molar-refractivity contribution in [1.82, 2.24) is 15.5 Å². The van der Waals surface area contributed by atoms with Gasteiger partial charge in [-0.05, 0) is 30.7 Å². The SMILES string of the molecule is CCC(CC(=O)NCC(=O)N1CCCC1C(=O)NC)c1ccccc1. The lowest BCUT2D eigenvalue weighted by molar-refractivity contribution is -0.138. The predicted octanol–water partition coefficient (Wildman–Crippen LogP) is 1.42. The second-order valence-electron chi connectivity index (χ2n) is 6.36. The van der Waals surface area contributed by atoms with Gasteiger partial charge in [0.25, 0.3) is 0 Å². The number of benzene rings is 1. The Bertz CT molecular complexity index is 603. The van der Waals surface area contributed by atoms with Crippen LogP contribution >= 0.6 is 0 Å². The Balaban J connectivity index is 1.84. The highest BCUT2D eigenvalue weighted by atomic mass is 16.2. The molecule has 6 nitrogen and oxygen atoms in total. The van der Waals surface area contributed by atoms with Gasteiger partial charge in [0.15, 0.2) is 0 Å². The molecule has 0 saturated carbocycles. The molecule has 1 aliphatic heterocycles. The average molecular weight is 345 g/mol. The van der Waals surface area contributed by atoms with Crippen molar-refractivity contribution in [2.45, 2.75) is 44.6 Å². The molecule has 0 spiro atoms. The van der Waals surface area contributed by atoms with E-state index in [-0.39, 0.29) is 30.2 Å². The van der Waals surface area contributed by atoms with Gasteiger partial charge >= 0.3 is 0 Å². The first-order valence-corrected chi connectivity index (χ1v) is 8.89. The lowest BCUT2D eigenvalue weighted by Crippen LogP contribution is -2.48. The third-order valence-electron chi connectivity index (χ3n) is 4.75. The summed E-state index contributed by atoms with van der Waals surface area (Å²) in [5.74, 6) is -0.346. The fourth-order valence-electron chi connectivity index (χ4n) is 3.30. The summed E-state index contributed by atoms with van der Waals surface area (Å²) < 4.78 is 0. The molecule has 1 saturated heterocycles. The van der Waals surface area contributed by atoms with E-state index in [1.807, 2.05) is 37.3 Å². The van der Waals surface area contributed by atoms with Gasteiger partial charge in [0.1, 0.15) is 6.04 Å². The molecule has 0 aliphatic carbocycles. The molecule has 1 aromatic carbocycles. The average Bonchev–Trinajstić information content (AvgIpc) is 3.14. The van der Waals surface area contributed by atoms with Crippen molar-refractivity contribution < 1.29 is 14.4 Å². The van der Waals surface area contributed by atoms with Crippen LogP contribution in [0.1, 0.15) is 44.1 Å². The molecule has 2 unspecified atom stereocenters. The quantitative estimate of drug-likeness (QED) is 0.784. The van der Waals surface area contributed by atoms with Gasteiger partial charge in [-0.3, -0.25) is 14.4 Å². The number of hydrogen-bond acceptors (Lipinski definition) is 3. The number of hydrogen-bond donors (Lipinski definition) is 2. The number of carbonyl (C=O) groups excluding carboxylic acids is 3. The van der Waals surface area contributed by atoms with E-state index in [1.54, 1.807) is 11.9 Å². The molecule has 136 valence electrons. The van der Waals surface area contributed by atoms with Crippen LogP contribution in [0.5, 0.6) is 0 Å². The summed E-state index contributed by atoms with van der Waals surface area (Å²) in [6, 6.07) is 9.50. The molecule has 25 heavy (non-hydrogen) atoms. The minimum Gasteiger partial charge on any atom is -0.357 e. The van der Waals surface area contributed by atoms with Gasteiger partial charge in [-0.1, -0.05) is 37.3 Å². The largest absolute Gasteiger partial charge is 0.357 e. The van der Waals surface area contributed by atoms with Gasteiger partial charge in [-0.15, -0.1) is 0 Å². The van der Waals surface area contributed by atoms with Crippen LogP contribution in [0.4, 0.5) is 0 Å². The van der Waals surface area contributed by atoms with Crippen LogP contribution in [0.3, 0.4) is 0 Å². The van der Waals surface area contributed by atoms with Crippen LogP contribution in [-0.2, 0) is 14.4 Å². The normalized spacial score (nSPS) is 17.8. The molecular formula is C19H27N3O3. The zero-order chi connectivity index (χ0) is 18.2. The minimum atomic E-state index is -0.415. The van der Waals surface area contributed by atoms with Gasteiger partial charge in [0.05, 0.1) is 6.54 Å². The number of rotatable bonds is 7. The van der Waals surface area contributed by atoms with Gasteiger partial charge in [-0.2, -0.15) is 0 Å². The van der Waals surface area contributed by atoms with Crippen LogP contribution in [-0.4, -0.2) is 48.8 Å². The zero-order valence-electron chi connectivity index (χ0n) is 15.0. The molecule has 0 bridgehead atoms. The molecule has 2 rings (SSSR count). The third-order valence-corrected chi connectivity index (χ3v) is 4.75. The number of nitrogens with one attached hydrogen (secondary N) is 2. The first-order chi connectivity index (χ1) is 12.1. The summed E-state index contributed by atoms with van der Waals surface area (Å²) in [6.45, 7) is 2.56. The molecule has 0 radical (unpaired) electrons. The Labute approximate surface area is 149 Å². The highest BCUT2D eigenvalue weighted by molar-refractivity contribution is 5.90. The highest BCUT2D eigenvalue weighted by Gasteiger charge is 2.33. The molecule has 1 fully saturated rings. The standard InChI is InChI=1S/C19H27N3O3/c1-3-14(15-8-5-4-6-9-15)12-17(23)21-13-18(24)22-11-7-10-16(22)19(25)20-2/h4-6,8-9,14,16H,3,7,10-13H2,1-2H3,(H,20,25)(H,21,23). The van der Waals surface area contributed by atoms with Crippen LogP contribution in [0.2, 0.25) is 0 Å². The fourth-order valence-corrected chi connectivity index (χ4v) is 3.30. The van der Waals surface area contributed by atoms with Crippen LogP contribution in [0.15, 0.2) is 30.3 Å². The Kier molecular flexibility index (Phi) is 6.98. The first kappa shape index (κ1) is 19.0. The van der Waals surface area contributed by atoms with E-state index in [0.717, 1.165) is 18.4 Å². The van der Waals surface area contributed by atoms with E-state index >= 15 is 0 Å². The topological polar surface area (TPSA) is 78.5 Å². The summed E-state index contributed by atoms with van der Waals surface area (Å²) in [5.41, 5.74) is 1.13. The Morgan fingerprint density at radius 2 is 1.96 bits per heavy atom. The van der Waals surface area contributed by atoms with Crippen LogP contribution in [0.25, 0.3) is 0 Å². The van der Waals surface area contributed by atoms with Crippen molar-refractivity contribution in [3.8, 4) is 0 Å². The van der Waals surface area contributed by atoms with E-state index in [4.69, 9.17) is 0 Å². The highest BCUT2D eigenvalue weighted by Crippen LogP contribution is 2.22. The lowest BCUT2D eigenvalue weighted by Gasteiger charge is -2.23. The molecule has 0 aromatic heterocycles. The van der Waals surface area contributed by atoms with Crippen molar-refractivity contribution in [2.75, 3.05) is 20.1 Å². The number of carbonyl (C=O) groups is 3. The van der Waals surface area contributed by atoms with Crippen molar-refractivity contribution in [3.05, 3.63) is 35.9 Å². The monoisotopic (exact) mass is 345 g/mol. The van der Waals surface area contributed by atoms with Gasteiger partial charge in [-0.25, -0.2) is 0 Å². The molecule has 6 heteroatoms. The number of amides is 3. The van der Waals surface area contributed by atoms with E-state index in [2.05, 4.69) is 10.6 Å². The summed E-state index contributed by atoms with van der Waals surface area (Å²) in [7, 11) is 1.57. The molecule has 1 heterocycles. The van der Waals surface area contributed by atoms with Crippen molar-refractivity contribution in [2.24, 2.45) is 0 Å². The Hall–Kier alpha value is -2.37. The molecule has 2 N–H and O–H groups in total. The maximum absolute atomic E-state index is 12.3. The Morgan fingerprint density at radius 1 is 1.24 bits per heavy atom. The van der Waals surface area contributed by atoms with Crippen LogP contribution < -0.4 is 10.6 Å². The van der Waals surface area contributed by atoms with E-state index < -0.39 is 6.04 Å². The second kappa shape index (κ2) is 9.20. The summed E-state index contributed by atoms with van der Waals surface area (Å²) >= 11 is 0. The molecule has 3 amide bonds. The maximum atomic E-state index is 12.3. The molecule has 1 aromatic rings. The van der Waals surface area contributed by atoms with Gasteiger partial charge in [0.2, 0.25) is 17.7 Å². The number of nitrogens with zero attached hydrogens (tertiary/aromatic N) is 1. The summed E-state index contributed by atoms with van der Waals surface area (Å²) in [4.78, 5) is 37.9. The summed E-state index contributed by atoms with van der Waals surface area (Å²) in [5, 5.41) is 5.30. The zero-order valence-corrected chi connectivity index (χ0v) is 15.0. The van der Waals surface area contributed by atoms with Crippen LogP contribution in [0, 0.1) is 0 Å². The van der Waals surface area contributed by atoms with Gasteiger partial charge in [0, 0.05) is 20.0 Å². The lowest BCUT2D eigenvalue weighted by atomic mass is 9.93. The molecule has 1 aliphatic rings. The fraction of sp³-hybridized carbons (Fsp3) is 0.526. The predicted molar refractivity (Wildman–Crippen MR) is 95.9 cm³/mol. The van der Waals surface area contributed by atoms with E-state index in [0.29, 0.717) is 19.4 Å². The molecular weight excluding hydrogens is 318 g/mol. The first-order valence-electron chi connectivity index (χ1n) is 8.89. The number of likely N-dealkylation sites (N-methyl/N-ethyl adjacent to an activating group) is 1. The Morgan fingerprint density at radius 3 is 2.60 bits per heavy atom. The minimum absolute atomic E-state index is 0.0580.